The first kappa shape index (κ1) is 24.7. The number of aromatic nitrogens is 1. The fourth-order valence-corrected chi connectivity index (χ4v) is 2.49. The van der Waals surface area contributed by atoms with Crippen LogP contribution in [0.25, 0.3) is 0 Å². The average Bonchev–Trinajstić information content (AvgIpc) is 2.47. The van der Waals surface area contributed by atoms with Crippen molar-refractivity contribution in [3.05, 3.63) is 23.5 Å². The lowest BCUT2D eigenvalue weighted by Gasteiger charge is -2.29. The standard InChI is InChI=1S/C19H27F3N2O5/c1-17(2,3)28-12(25)9-10(16(27)29-18(4,5)6)14(26)13-11(23)7-8-24-15(13)19(20,21)22/h7-8,10,14,26H,9H2,1-6H3,(H2,23,24). The number of nitrogen functional groups attached to an aromatic ring is 1. The van der Waals surface area contributed by atoms with Crippen molar-refractivity contribution in [2.45, 2.75) is 71.4 Å². The molecule has 3 N–H and O–H groups in total. The Morgan fingerprint density at radius 1 is 1.10 bits per heavy atom. The van der Waals surface area contributed by atoms with Gasteiger partial charge in [0, 0.05) is 17.4 Å². The highest BCUT2D eigenvalue weighted by molar-refractivity contribution is 5.81. The van der Waals surface area contributed by atoms with Crippen LogP contribution in [0, 0.1) is 5.92 Å². The first-order valence-corrected chi connectivity index (χ1v) is 8.86. The molecule has 0 aliphatic heterocycles. The summed E-state index contributed by atoms with van der Waals surface area (Å²) >= 11 is 0. The number of ether oxygens (including phenoxy) is 2. The Hall–Kier alpha value is -2.36. The molecule has 1 aromatic heterocycles. The fourth-order valence-electron chi connectivity index (χ4n) is 2.49. The number of rotatable bonds is 5. The number of nitrogens with zero attached hydrogens (tertiary/aromatic N) is 1. The molecule has 1 aromatic rings. The van der Waals surface area contributed by atoms with Crippen molar-refractivity contribution in [2.24, 2.45) is 5.92 Å². The van der Waals surface area contributed by atoms with Gasteiger partial charge in [0.1, 0.15) is 11.2 Å². The second-order valence-electron chi connectivity index (χ2n) is 8.54. The van der Waals surface area contributed by atoms with E-state index in [4.69, 9.17) is 15.2 Å². The molecule has 0 amide bonds. The molecule has 1 heterocycles. The Balaban J connectivity index is 3.39. The van der Waals surface area contributed by atoms with E-state index in [0.29, 0.717) is 0 Å². The number of hydrogen-bond donors (Lipinski definition) is 2. The quantitative estimate of drug-likeness (QED) is 0.702. The van der Waals surface area contributed by atoms with Crippen molar-refractivity contribution in [1.29, 1.82) is 0 Å². The summed E-state index contributed by atoms with van der Waals surface area (Å²) in [6, 6.07) is 1.06. The lowest BCUT2D eigenvalue weighted by Crippen LogP contribution is -2.35. The predicted octanol–water partition coefficient (Wildman–Crippen LogP) is 3.41. The van der Waals surface area contributed by atoms with Gasteiger partial charge in [-0.1, -0.05) is 0 Å². The molecule has 10 heteroatoms. The van der Waals surface area contributed by atoms with E-state index < -0.39 is 64.7 Å². The van der Waals surface area contributed by atoms with E-state index in [-0.39, 0.29) is 0 Å². The molecule has 0 bridgehead atoms. The summed E-state index contributed by atoms with van der Waals surface area (Å²) in [5, 5.41) is 10.7. The maximum atomic E-state index is 13.4. The normalized spacial score (nSPS) is 14.8. The molecule has 2 unspecified atom stereocenters. The number of nitrogens with two attached hydrogens (primary N) is 1. The molecule has 0 aliphatic rings. The number of carbonyl (C=O) groups excluding carboxylic acids is 2. The van der Waals surface area contributed by atoms with Gasteiger partial charge < -0.3 is 20.3 Å². The van der Waals surface area contributed by atoms with Crippen molar-refractivity contribution in [3.63, 3.8) is 0 Å². The van der Waals surface area contributed by atoms with E-state index >= 15 is 0 Å². The van der Waals surface area contributed by atoms with Gasteiger partial charge in [0.15, 0.2) is 5.69 Å². The lowest BCUT2D eigenvalue weighted by atomic mass is 9.90. The Morgan fingerprint density at radius 2 is 1.62 bits per heavy atom. The smallest absolute Gasteiger partial charge is 0.433 e. The van der Waals surface area contributed by atoms with Crippen molar-refractivity contribution in [1.82, 2.24) is 4.98 Å². The monoisotopic (exact) mass is 420 g/mol. The van der Waals surface area contributed by atoms with E-state index in [2.05, 4.69) is 4.98 Å². The zero-order valence-electron chi connectivity index (χ0n) is 17.3. The molecular formula is C19H27F3N2O5. The van der Waals surface area contributed by atoms with E-state index in [1.807, 2.05) is 0 Å². The van der Waals surface area contributed by atoms with E-state index in [1.54, 1.807) is 41.5 Å². The number of alkyl halides is 3. The summed E-state index contributed by atoms with van der Waals surface area (Å²) in [6.45, 7) is 9.39. The molecule has 0 saturated carbocycles. The van der Waals surface area contributed by atoms with E-state index in [0.717, 1.165) is 12.3 Å². The number of pyridine rings is 1. The molecule has 0 aliphatic carbocycles. The highest BCUT2D eigenvalue weighted by Gasteiger charge is 2.43. The van der Waals surface area contributed by atoms with Gasteiger partial charge in [-0.25, -0.2) is 0 Å². The summed E-state index contributed by atoms with van der Waals surface area (Å²) in [5.41, 5.74) is 1.09. The number of aliphatic hydroxyl groups excluding tert-OH is 1. The van der Waals surface area contributed by atoms with Gasteiger partial charge in [0.05, 0.1) is 18.4 Å². The minimum atomic E-state index is -4.93. The molecule has 164 valence electrons. The number of esters is 2. The molecule has 0 aromatic carbocycles. The molecular weight excluding hydrogens is 393 g/mol. The Kier molecular flexibility index (Phi) is 7.29. The van der Waals surface area contributed by atoms with Crippen molar-refractivity contribution in [2.75, 3.05) is 5.73 Å². The van der Waals surface area contributed by atoms with Crippen LogP contribution >= 0.6 is 0 Å². The van der Waals surface area contributed by atoms with Crippen LogP contribution in [0.4, 0.5) is 18.9 Å². The Morgan fingerprint density at radius 3 is 2.07 bits per heavy atom. The zero-order chi connectivity index (χ0) is 22.8. The minimum absolute atomic E-state index is 0.419. The molecule has 7 nitrogen and oxygen atoms in total. The largest absolute Gasteiger partial charge is 0.460 e. The number of halogens is 3. The number of hydrogen-bond acceptors (Lipinski definition) is 7. The molecule has 29 heavy (non-hydrogen) atoms. The Labute approximate surface area is 167 Å². The van der Waals surface area contributed by atoms with Crippen molar-refractivity contribution >= 4 is 17.6 Å². The van der Waals surface area contributed by atoms with E-state index in [9.17, 15) is 27.9 Å². The molecule has 1 rings (SSSR count). The summed E-state index contributed by atoms with van der Waals surface area (Å²) in [6.07, 6.45) is -6.90. The fraction of sp³-hybridized carbons (Fsp3) is 0.632. The van der Waals surface area contributed by atoms with E-state index in [1.165, 1.54) is 0 Å². The van der Waals surface area contributed by atoms with Crippen LogP contribution in [-0.4, -0.2) is 33.2 Å². The second kappa shape index (κ2) is 8.56. The maximum absolute atomic E-state index is 13.4. The minimum Gasteiger partial charge on any atom is -0.460 e. The van der Waals surface area contributed by atoms with Crippen LogP contribution in [0.5, 0.6) is 0 Å². The third-order valence-electron chi connectivity index (χ3n) is 3.49. The molecule has 0 spiro atoms. The Bertz CT molecular complexity index is 752. The van der Waals surface area contributed by atoms with Crippen molar-refractivity contribution < 1.29 is 37.3 Å². The van der Waals surface area contributed by atoms with Crippen LogP contribution in [0.2, 0.25) is 0 Å². The average molecular weight is 420 g/mol. The SMILES string of the molecule is CC(C)(C)OC(=O)CC(C(=O)OC(C)(C)C)C(O)c1c(N)ccnc1C(F)(F)F. The number of carbonyl (C=O) groups is 2. The van der Waals surface area contributed by atoms with Gasteiger partial charge in [-0.05, 0) is 47.6 Å². The van der Waals surface area contributed by atoms with Gasteiger partial charge in [0.25, 0.3) is 0 Å². The summed E-state index contributed by atoms with van der Waals surface area (Å²) < 4.78 is 50.4. The van der Waals surface area contributed by atoms with Gasteiger partial charge in [-0.15, -0.1) is 0 Å². The topological polar surface area (TPSA) is 112 Å². The maximum Gasteiger partial charge on any atom is 0.433 e. The highest BCUT2D eigenvalue weighted by Crippen LogP contribution is 2.39. The third-order valence-corrected chi connectivity index (χ3v) is 3.49. The molecule has 0 radical (unpaired) electrons. The van der Waals surface area contributed by atoms with Crippen LogP contribution in [-0.2, 0) is 25.2 Å². The number of anilines is 1. The van der Waals surface area contributed by atoms with Gasteiger partial charge >= 0.3 is 18.1 Å². The summed E-state index contributed by atoms with van der Waals surface area (Å²) in [5.74, 6) is -3.63. The first-order valence-electron chi connectivity index (χ1n) is 8.86. The summed E-state index contributed by atoms with van der Waals surface area (Å²) in [7, 11) is 0. The lowest BCUT2D eigenvalue weighted by molar-refractivity contribution is -0.172. The van der Waals surface area contributed by atoms with Gasteiger partial charge in [-0.3, -0.25) is 14.6 Å². The summed E-state index contributed by atoms with van der Waals surface area (Å²) in [4.78, 5) is 28.1. The molecule has 0 saturated heterocycles. The predicted molar refractivity (Wildman–Crippen MR) is 98.4 cm³/mol. The van der Waals surface area contributed by atoms with Crippen LogP contribution < -0.4 is 5.73 Å². The third kappa shape index (κ3) is 7.52. The highest BCUT2D eigenvalue weighted by atomic mass is 19.4. The van der Waals surface area contributed by atoms with Crippen LogP contribution in [0.3, 0.4) is 0 Å². The molecule has 2 atom stereocenters. The van der Waals surface area contributed by atoms with Crippen LogP contribution in [0.15, 0.2) is 12.3 Å². The second-order valence-corrected chi connectivity index (χ2v) is 8.54. The van der Waals surface area contributed by atoms with Gasteiger partial charge in [0.2, 0.25) is 0 Å². The van der Waals surface area contributed by atoms with Crippen molar-refractivity contribution in [3.8, 4) is 0 Å². The number of aliphatic hydroxyl groups is 1. The first-order chi connectivity index (χ1) is 12.9. The molecule has 0 fully saturated rings. The van der Waals surface area contributed by atoms with Crippen LogP contribution in [0.1, 0.15) is 65.3 Å². The van der Waals surface area contributed by atoms with Gasteiger partial charge in [-0.2, -0.15) is 13.2 Å². The zero-order valence-corrected chi connectivity index (χ0v) is 17.3.